The molecule has 0 saturated carbocycles. The van der Waals surface area contributed by atoms with Gasteiger partial charge in [0.2, 0.25) is 5.91 Å². The van der Waals surface area contributed by atoms with Crippen LogP contribution in [0.15, 0.2) is 52.4 Å². The lowest BCUT2D eigenvalue weighted by Gasteiger charge is -2.13. The Morgan fingerprint density at radius 1 is 1.18 bits per heavy atom. The summed E-state index contributed by atoms with van der Waals surface area (Å²) in [6.07, 6.45) is 0. The van der Waals surface area contributed by atoms with Crippen LogP contribution in [0, 0.1) is 0 Å². The van der Waals surface area contributed by atoms with Crippen molar-refractivity contribution in [2.24, 2.45) is 0 Å². The van der Waals surface area contributed by atoms with E-state index in [0.717, 1.165) is 0 Å². The summed E-state index contributed by atoms with van der Waals surface area (Å²) in [5, 5.41) is 4.77. The highest BCUT2D eigenvalue weighted by Crippen LogP contribution is 2.21. The van der Waals surface area contributed by atoms with Gasteiger partial charge >= 0.3 is 0 Å². The number of carbonyl (C=O) groups excluding carboxylic acids is 1. The average molecular weight is 438 g/mol. The number of hydrogen-bond donors (Lipinski definition) is 1. The molecule has 1 aromatic heterocycles. The molecular formula is C19H17Cl2N3O3S. The number of halogens is 2. The predicted molar refractivity (Wildman–Crippen MR) is 114 cm³/mol. The highest BCUT2D eigenvalue weighted by atomic mass is 35.5. The number of fused-ring (bicyclic) bond motifs is 1. The number of rotatable bonds is 7. The van der Waals surface area contributed by atoms with Gasteiger partial charge in [0.15, 0.2) is 5.16 Å². The number of methoxy groups -OCH3 is 1. The van der Waals surface area contributed by atoms with Gasteiger partial charge in [-0.2, -0.15) is 0 Å². The Morgan fingerprint density at radius 3 is 2.61 bits per heavy atom. The lowest BCUT2D eigenvalue weighted by molar-refractivity contribution is -0.113. The Morgan fingerprint density at radius 2 is 1.89 bits per heavy atom. The molecule has 0 fully saturated rings. The fourth-order valence-electron chi connectivity index (χ4n) is 2.52. The first-order chi connectivity index (χ1) is 13.5. The molecular weight excluding hydrogens is 421 g/mol. The molecule has 0 aliphatic heterocycles. The molecule has 2 aromatic carbocycles. The quantitative estimate of drug-likeness (QED) is 0.445. The molecule has 1 N–H and O–H groups in total. The molecule has 6 nitrogen and oxygen atoms in total. The van der Waals surface area contributed by atoms with E-state index in [-0.39, 0.29) is 17.2 Å². The molecule has 1 amide bonds. The van der Waals surface area contributed by atoms with Crippen molar-refractivity contribution in [1.82, 2.24) is 9.55 Å². The van der Waals surface area contributed by atoms with Crippen molar-refractivity contribution in [1.29, 1.82) is 0 Å². The van der Waals surface area contributed by atoms with E-state index in [0.29, 0.717) is 44.9 Å². The lowest BCUT2D eigenvalue weighted by Crippen LogP contribution is -2.26. The van der Waals surface area contributed by atoms with Crippen LogP contribution in [0.1, 0.15) is 0 Å². The number of aromatic nitrogens is 2. The van der Waals surface area contributed by atoms with Crippen LogP contribution in [-0.2, 0) is 16.1 Å². The summed E-state index contributed by atoms with van der Waals surface area (Å²) in [6.45, 7) is 0.688. The van der Waals surface area contributed by atoms with Crippen LogP contribution in [0.3, 0.4) is 0 Å². The second-order valence-corrected chi connectivity index (χ2v) is 7.66. The van der Waals surface area contributed by atoms with E-state index < -0.39 is 0 Å². The van der Waals surface area contributed by atoms with E-state index in [1.54, 1.807) is 49.6 Å². The molecule has 0 radical (unpaired) electrons. The average Bonchev–Trinajstić information content (AvgIpc) is 2.67. The zero-order chi connectivity index (χ0) is 20.1. The van der Waals surface area contributed by atoms with Crippen LogP contribution in [0.25, 0.3) is 10.9 Å². The van der Waals surface area contributed by atoms with Gasteiger partial charge in [0.1, 0.15) is 0 Å². The van der Waals surface area contributed by atoms with Crippen LogP contribution in [-0.4, -0.2) is 34.9 Å². The van der Waals surface area contributed by atoms with Gasteiger partial charge in [-0.05, 0) is 42.5 Å². The Kier molecular flexibility index (Phi) is 6.96. The van der Waals surface area contributed by atoms with Gasteiger partial charge < -0.3 is 10.1 Å². The molecule has 0 saturated heterocycles. The minimum atomic E-state index is -0.217. The molecule has 1 heterocycles. The molecule has 28 heavy (non-hydrogen) atoms. The standard InChI is InChI=1S/C19H17Cl2N3O3S/c1-27-9-8-24-18(26)15-7-4-13(21)10-16(15)23-19(24)28-11-17(25)22-14-5-2-12(20)3-6-14/h2-7,10H,8-9,11H2,1H3,(H,22,25). The minimum Gasteiger partial charge on any atom is -0.383 e. The summed E-state index contributed by atoms with van der Waals surface area (Å²) in [5.74, 6) is -0.125. The van der Waals surface area contributed by atoms with E-state index >= 15 is 0 Å². The van der Waals surface area contributed by atoms with Gasteiger partial charge in [0.25, 0.3) is 5.56 Å². The Labute approximate surface area is 175 Å². The highest BCUT2D eigenvalue weighted by Gasteiger charge is 2.14. The smallest absolute Gasteiger partial charge is 0.262 e. The number of carbonyl (C=O) groups is 1. The molecule has 0 aliphatic rings. The first kappa shape index (κ1) is 20.7. The first-order valence-corrected chi connectivity index (χ1v) is 10.1. The Hall–Kier alpha value is -2.06. The van der Waals surface area contributed by atoms with Crippen molar-refractivity contribution in [3.05, 3.63) is 62.9 Å². The molecule has 0 unspecified atom stereocenters. The second-order valence-electron chi connectivity index (χ2n) is 5.85. The third kappa shape index (κ3) is 5.05. The summed E-state index contributed by atoms with van der Waals surface area (Å²) in [7, 11) is 1.56. The number of thioether (sulfide) groups is 1. The number of amides is 1. The normalized spacial score (nSPS) is 11.0. The van der Waals surface area contributed by atoms with Gasteiger partial charge in [-0.25, -0.2) is 4.98 Å². The van der Waals surface area contributed by atoms with Crippen molar-refractivity contribution in [3.8, 4) is 0 Å². The molecule has 0 atom stereocenters. The van der Waals surface area contributed by atoms with Gasteiger partial charge in [0.05, 0.1) is 29.8 Å². The summed E-state index contributed by atoms with van der Waals surface area (Å²) in [5.41, 5.74) is 0.941. The van der Waals surface area contributed by atoms with Gasteiger partial charge in [0, 0.05) is 22.8 Å². The Balaban J connectivity index is 1.82. The molecule has 3 rings (SSSR count). The molecule has 0 spiro atoms. The minimum absolute atomic E-state index is 0.0914. The summed E-state index contributed by atoms with van der Waals surface area (Å²) in [4.78, 5) is 29.6. The molecule has 3 aromatic rings. The topological polar surface area (TPSA) is 73.2 Å². The van der Waals surface area contributed by atoms with Gasteiger partial charge in [-0.15, -0.1) is 0 Å². The zero-order valence-electron chi connectivity index (χ0n) is 14.9. The van der Waals surface area contributed by atoms with E-state index in [2.05, 4.69) is 10.3 Å². The van der Waals surface area contributed by atoms with Crippen LogP contribution >= 0.6 is 35.0 Å². The number of anilines is 1. The summed E-state index contributed by atoms with van der Waals surface area (Å²) in [6, 6.07) is 11.8. The monoisotopic (exact) mass is 437 g/mol. The van der Waals surface area contributed by atoms with Crippen molar-refractivity contribution >= 4 is 57.5 Å². The third-order valence-electron chi connectivity index (χ3n) is 3.86. The number of nitrogens with zero attached hydrogens (tertiary/aromatic N) is 2. The highest BCUT2D eigenvalue weighted by molar-refractivity contribution is 7.99. The number of ether oxygens (including phenoxy) is 1. The largest absolute Gasteiger partial charge is 0.383 e. The van der Waals surface area contributed by atoms with Crippen LogP contribution in [0.4, 0.5) is 5.69 Å². The number of hydrogen-bond acceptors (Lipinski definition) is 5. The fourth-order valence-corrected chi connectivity index (χ4v) is 3.64. The van der Waals surface area contributed by atoms with E-state index in [9.17, 15) is 9.59 Å². The van der Waals surface area contributed by atoms with Crippen LogP contribution in [0.5, 0.6) is 0 Å². The lowest BCUT2D eigenvalue weighted by atomic mass is 10.2. The van der Waals surface area contributed by atoms with E-state index in [4.69, 9.17) is 27.9 Å². The van der Waals surface area contributed by atoms with Crippen molar-refractivity contribution < 1.29 is 9.53 Å². The molecule has 146 valence electrons. The van der Waals surface area contributed by atoms with E-state index in [1.165, 1.54) is 16.3 Å². The maximum Gasteiger partial charge on any atom is 0.262 e. The number of benzene rings is 2. The van der Waals surface area contributed by atoms with Crippen LogP contribution < -0.4 is 10.9 Å². The maximum absolute atomic E-state index is 12.8. The van der Waals surface area contributed by atoms with Crippen molar-refractivity contribution in [3.63, 3.8) is 0 Å². The van der Waals surface area contributed by atoms with Gasteiger partial charge in [-0.3, -0.25) is 14.2 Å². The summed E-state index contributed by atoms with van der Waals surface area (Å²) < 4.78 is 6.61. The zero-order valence-corrected chi connectivity index (χ0v) is 17.3. The molecule has 0 aliphatic carbocycles. The maximum atomic E-state index is 12.8. The predicted octanol–water partition coefficient (Wildman–Crippen LogP) is 4.08. The molecule has 9 heteroatoms. The fraction of sp³-hybridized carbons (Fsp3) is 0.211. The Bertz CT molecular complexity index is 1050. The van der Waals surface area contributed by atoms with Crippen LogP contribution in [0.2, 0.25) is 10.0 Å². The van der Waals surface area contributed by atoms with Crippen molar-refractivity contribution in [2.75, 3.05) is 24.8 Å². The van der Waals surface area contributed by atoms with E-state index in [1.807, 2.05) is 0 Å². The SMILES string of the molecule is COCCn1c(SCC(=O)Nc2ccc(Cl)cc2)nc2cc(Cl)ccc2c1=O. The molecule has 0 bridgehead atoms. The van der Waals surface area contributed by atoms with Gasteiger partial charge in [-0.1, -0.05) is 35.0 Å². The third-order valence-corrected chi connectivity index (χ3v) is 5.33. The summed E-state index contributed by atoms with van der Waals surface area (Å²) >= 11 is 13.0. The van der Waals surface area contributed by atoms with Crippen molar-refractivity contribution in [2.45, 2.75) is 11.7 Å². The second kappa shape index (κ2) is 9.43. The first-order valence-electron chi connectivity index (χ1n) is 8.35. The number of nitrogens with one attached hydrogen (secondary N) is 1.